The van der Waals surface area contributed by atoms with Crippen LogP contribution in [0.25, 0.3) is 0 Å². The predicted octanol–water partition coefficient (Wildman–Crippen LogP) is 2.68. The Bertz CT molecular complexity index is 270. The second-order valence-corrected chi connectivity index (χ2v) is 6.27. The summed E-state index contributed by atoms with van der Waals surface area (Å²) in [6.45, 7) is 4.46. The van der Waals surface area contributed by atoms with Gasteiger partial charge in [-0.05, 0) is 56.3 Å². The molecule has 3 fully saturated rings. The number of rotatable bonds is 2. The number of hydrogen-bond acceptors (Lipinski definition) is 1. The normalized spacial score (nSPS) is 35.9. The van der Waals surface area contributed by atoms with E-state index < -0.39 is 0 Å². The molecule has 1 aliphatic heterocycles. The first-order valence-corrected chi connectivity index (χ1v) is 7.03. The minimum atomic E-state index is 0.417. The molecule has 3 rings (SSSR count). The molecule has 0 N–H and O–H groups in total. The largest absolute Gasteiger partial charge is 0.342 e. The third-order valence-corrected chi connectivity index (χ3v) is 4.85. The number of carbonyl (C=O) groups excluding carboxylic acids is 1. The topological polar surface area (TPSA) is 20.3 Å². The first-order valence-electron chi connectivity index (χ1n) is 7.03. The van der Waals surface area contributed by atoms with Gasteiger partial charge in [-0.1, -0.05) is 6.92 Å². The smallest absolute Gasteiger partial charge is 0.225 e. The lowest BCUT2D eigenvalue weighted by Crippen LogP contribution is -2.42. The van der Waals surface area contributed by atoms with Crippen LogP contribution in [0.3, 0.4) is 0 Å². The molecule has 3 aliphatic rings. The SMILES string of the molecule is CC1CC(C2CCN(C(=O)C3CC3)CC2)C1. The lowest BCUT2D eigenvalue weighted by atomic mass is 9.67. The Labute approximate surface area is 98.4 Å². The Balaban J connectivity index is 1.46. The van der Waals surface area contributed by atoms with Crippen molar-refractivity contribution in [1.82, 2.24) is 4.90 Å². The van der Waals surface area contributed by atoms with Gasteiger partial charge < -0.3 is 4.90 Å². The van der Waals surface area contributed by atoms with Gasteiger partial charge in [-0.15, -0.1) is 0 Å². The third-order valence-electron chi connectivity index (χ3n) is 4.85. The fourth-order valence-electron chi connectivity index (χ4n) is 3.53. The van der Waals surface area contributed by atoms with Gasteiger partial charge in [0.2, 0.25) is 5.91 Å². The van der Waals surface area contributed by atoms with Crippen LogP contribution >= 0.6 is 0 Å². The Kier molecular flexibility index (Phi) is 2.68. The van der Waals surface area contributed by atoms with Crippen molar-refractivity contribution >= 4 is 5.91 Å². The molecule has 2 saturated carbocycles. The Morgan fingerprint density at radius 1 is 1.00 bits per heavy atom. The van der Waals surface area contributed by atoms with Crippen molar-refractivity contribution in [2.75, 3.05) is 13.1 Å². The van der Waals surface area contributed by atoms with E-state index in [1.807, 2.05) is 0 Å². The molecule has 0 aromatic rings. The Hall–Kier alpha value is -0.530. The molecule has 0 bridgehead atoms. The Morgan fingerprint density at radius 3 is 2.12 bits per heavy atom. The standard InChI is InChI=1S/C14H23NO/c1-10-8-13(9-10)11-4-6-15(7-5-11)14(16)12-2-3-12/h10-13H,2-9H2,1H3. The zero-order chi connectivity index (χ0) is 11.1. The molecule has 0 unspecified atom stereocenters. The van der Waals surface area contributed by atoms with Crippen molar-refractivity contribution in [3.05, 3.63) is 0 Å². The minimum Gasteiger partial charge on any atom is -0.342 e. The van der Waals surface area contributed by atoms with Gasteiger partial charge in [-0.3, -0.25) is 4.79 Å². The number of nitrogens with zero attached hydrogens (tertiary/aromatic N) is 1. The molecule has 2 aliphatic carbocycles. The third kappa shape index (κ3) is 1.99. The van der Waals surface area contributed by atoms with Crippen LogP contribution in [0.1, 0.15) is 45.4 Å². The fraction of sp³-hybridized carbons (Fsp3) is 0.929. The molecule has 2 heteroatoms. The fourth-order valence-corrected chi connectivity index (χ4v) is 3.53. The first-order chi connectivity index (χ1) is 7.74. The molecule has 0 aromatic heterocycles. The number of carbonyl (C=O) groups is 1. The van der Waals surface area contributed by atoms with Crippen LogP contribution in [0.4, 0.5) is 0 Å². The average Bonchev–Trinajstić information content (AvgIpc) is 3.08. The van der Waals surface area contributed by atoms with E-state index in [2.05, 4.69) is 11.8 Å². The summed E-state index contributed by atoms with van der Waals surface area (Å²) in [5.74, 6) is 3.77. The molecule has 0 aromatic carbocycles. The second kappa shape index (κ2) is 4.05. The van der Waals surface area contributed by atoms with Crippen molar-refractivity contribution in [3.8, 4) is 0 Å². The van der Waals surface area contributed by atoms with Crippen LogP contribution in [0.15, 0.2) is 0 Å². The van der Waals surface area contributed by atoms with Gasteiger partial charge in [0, 0.05) is 19.0 Å². The molecule has 16 heavy (non-hydrogen) atoms. The maximum Gasteiger partial charge on any atom is 0.225 e. The van der Waals surface area contributed by atoms with Crippen LogP contribution in [0.2, 0.25) is 0 Å². The molecule has 1 saturated heterocycles. The van der Waals surface area contributed by atoms with Crippen LogP contribution in [0, 0.1) is 23.7 Å². The summed E-state index contributed by atoms with van der Waals surface area (Å²) in [4.78, 5) is 14.0. The highest BCUT2D eigenvalue weighted by Crippen LogP contribution is 2.43. The molecule has 1 amide bonds. The summed E-state index contributed by atoms with van der Waals surface area (Å²) >= 11 is 0. The number of amides is 1. The summed E-state index contributed by atoms with van der Waals surface area (Å²) < 4.78 is 0. The highest BCUT2D eigenvalue weighted by Gasteiger charge is 2.38. The molecule has 2 nitrogen and oxygen atoms in total. The maximum atomic E-state index is 11.9. The quantitative estimate of drug-likeness (QED) is 0.702. The minimum absolute atomic E-state index is 0.417. The van der Waals surface area contributed by atoms with Crippen LogP contribution in [-0.4, -0.2) is 23.9 Å². The van der Waals surface area contributed by atoms with Gasteiger partial charge in [-0.25, -0.2) is 0 Å². The van der Waals surface area contributed by atoms with Crippen molar-refractivity contribution in [1.29, 1.82) is 0 Å². The monoisotopic (exact) mass is 221 g/mol. The second-order valence-electron chi connectivity index (χ2n) is 6.27. The molecule has 1 heterocycles. The van der Waals surface area contributed by atoms with Crippen molar-refractivity contribution in [2.24, 2.45) is 23.7 Å². The summed E-state index contributed by atoms with van der Waals surface area (Å²) in [7, 11) is 0. The predicted molar refractivity (Wildman–Crippen MR) is 63.9 cm³/mol. The van der Waals surface area contributed by atoms with Crippen molar-refractivity contribution in [3.63, 3.8) is 0 Å². The molecule has 0 spiro atoms. The summed E-state index contributed by atoms with van der Waals surface area (Å²) in [5.41, 5.74) is 0. The highest BCUT2D eigenvalue weighted by molar-refractivity contribution is 5.81. The summed E-state index contributed by atoms with van der Waals surface area (Å²) in [6, 6.07) is 0. The lowest BCUT2D eigenvalue weighted by molar-refractivity contribution is -0.134. The van der Waals surface area contributed by atoms with Crippen molar-refractivity contribution in [2.45, 2.75) is 45.4 Å². The molecule has 90 valence electrons. The van der Waals surface area contributed by atoms with Gasteiger partial charge in [-0.2, -0.15) is 0 Å². The van der Waals surface area contributed by atoms with Gasteiger partial charge in [0.15, 0.2) is 0 Å². The molecule has 0 atom stereocenters. The number of piperidine rings is 1. The van der Waals surface area contributed by atoms with Gasteiger partial charge in [0.25, 0.3) is 0 Å². The van der Waals surface area contributed by atoms with Crippen LogP contribution < -0.4 is 0 Å². The molecule has 0 radical (unpaired) electrons. The lowest BCUT2D eigenvalue weighted by Gasteiger charge is -2.43. The van der Waals surface area contributed by atoms with Crippen LogP contribution in [-0.2, 0) is 4.79 Å². The average molecular weight is 221 g/mol. The van der Waals surface area contributed by atoms with E-state index in [-0.39, 0.29) is 0 Å². The first kappa shape index (κ1) is 10.6. The van der Waals surface area contributed by atoms with E-state index in [1.165, 1.54) is 25.7 Å². The van der Waals surface area contributed by atoms with E-state index in [9.17, 15) is 4.79 Å². The van der Waals surface area contributed by atoms with E-state index in [1.54, 1.807) is 0 Å². The molecular weight excluding hydrogens is 198 g/mol. The van der Waals surface area contributed by atoms with Crippen molar-refractivity contribution < 1.29 is 4.79 Å². The number of likely N-dealkylation sites (tertiary alicyclic amines) is 1. The molecular formula is C14H23NO. The van der Waals surface area contributed by atoms with E-state index in [4.69, 9.17) is 0 Å². The maximum absolute atomic E-state index is 11.9. The van der Waals surface area contributed by atoms with Crippen LogP contribution in [0.5, 0.6) is 0 Å². The summed E-state index contributed by atoms with van der Waals surface area (Å²) in [6.07, 6.45) is 7.74. The summed E-state index contributed by atoms with van der Waals surface area (Å²) in [5, 5.41) is 0. The van der Waals surface area contributed by atoms with Gasteiger partial charge in [0.05, 0.1) is 0 Å². The van der Waals surface area contributed by atoms with Gasteiger partial charge >= 0.3 is 0 Å². The van der Waals surface area contributed by atoms with E-state index in [0.29, 0.717) is 11.8 Å². The van der Waals surface area contributed by atoms with Gasteiger partial charge in [0.1, 0.15) is 0 Å². The van der Waals surface area contributed by atoms with E-state index in [0.717, 1.165) is 43.7 Å². The Morgan fingerprint density at radius 2 is 1.62 bits per heavy atom. The highest BCUT2D eigenvalue weighted by atomic mass is 16.2. The zero-order valence-corrected chi connectivity index (χ0v) is 10.3. The number of hydrogen-bond donors (Lipinski definition) is 0. The zero-order valence-electron chi connectivity index (χ0n) is 10.3. The van der Waals surface area contributed by atoms with E-state index >= 15 is 0 Å².